The van der Waals surface area contributed by atoms with Gasteiger partial charge in [-0.15, -0.1) is 0 Å². The van der Waals surface area contributed by atoms with Crippen LogP contribution in [0, 0.1) is 0 Å². The lowest BCUT2D eigenvalue weighted by Gasteiger charge is -2.20. The number of amides is 1. The Bertz CT molecular complexity index is 922. The summed E-state index contributed by atoms with van der Waals surface area (Å²) in [5, 5.41) is 3.09. The maximum Gasteiger partial charge on any atom is 0.252 e. The average Bonchev–Trinajstić information content (AvgIpc) is 3.14. The van der Waals surface area contributed by atoms with Gasteiger partial charge in [-0.25, -0.2) is 4.98 Å². The molecule has 0 aliphatic carbocycles. The molecule has 3 aromatic rings. The van der Waals surface area contributed by atoms with E-state index in [-0.39, 0.29) is 11.9 Å². The van der Waals surface area contributed by atoms with E-state index < -0.39 is 0 Å². The minimum Gasteiger partial charge on any atom is -0.490 e. The molecule has 1 atom stereocenters. The van der Waals surface area contributed by atoms with Gasteiger partial charge in [-0.3, -0.25) is 4.79 Å². The normalized spacial score (nSPS) is 11.7. The van der Waals surface area contributed by atoms with Crippen LogP contribution >= 0.6 is 0 Å². The minimum absolute atomic E-state index is 0.208. The van der Waals surface area contributed by atoms with E-state index in [0.29, 0.717) is 30.3 Å². The van der Waals surface area contributed by atoms with Gasteiger partial charge in [-0.2, -0.15) is 0 Å². The Kier molecular flexibility index (Phi) is 6.32. The van der Waals surface area contributed by atoms with Gasteiger partial charge in [0.15, 0.2) is 11.5 Å². The number of imidazole rings is 1. The monoisotopic (exact) mass is 379 g/mol. The summed E-state index contributed by atoms with van der Waals surface area (Å²) >= 11 is 0. The second-order valence-corrected chi connectivity index (χ2v) is 6.24. The zero-order chi connectivity index (χ0) is 19.9. The first kappa shape index (κ1) is 19.5. The van der Waals surface area contributed by atoms with Gasteiger partial charge in [-0.05, 0) is 37.6 Å². The third-order valence-corrected chi connectivity index (χ3v) is 4.33. The van der Waals surface area contributed by atoms with Gasteiger partial charge < -0.3 is 19.4 Å². The second kappa shape index (κ2) is 9.08. The smallest absolute Gasteiger partial charge is 0.252 e. The summed E-state index contributed by atoms with van der Waals surface area (Å²) in [5.74, 6) is 1.74. The quantitative estimate of drug-likeness (QED) is 0.648. The highest BCUT2D eigenvalue weighted by atomic mass is 16.5. The molecule has 0 saturated heterocycles. The number of hydrogen-bond acceptors (Lipinski definition) is 4. The Morgan fingerprint density at radius 3 is 2.43 bits per heavy atom. The molecule has 1 unspecified atom stereocenters. The predicted molar refractivity (Wildman–Crippen MR) is 108 cm³/mol. The van der Waals surface area contributed by atoms with E-state index in [1.165, 1.54) is 0 Å². The van der Waals surface area contributed by atoms with Crippen molar-refractivity contribution in [3.63, 3.8) is 0 Å². The van der Waals surface area contributed by atoms with Crippen molar-refractivity contribution in [2.75, 3.05) is 13.2 Å². The van der Waals surface area contributed by atoms with Crippen LogP contribution in [-0.2, 0) is 7.05 Å². The Balaban J connectivity index is 1.90. The van der Waals surface area contributed by atoms with Gasteiger partial charge in [-0.1, -0.05) is 30.3 Å². The number of carbonyl (C=O) groups is 1. The van der Waals surface area contributed by atoms with Gasteiger partial charge in [0.2, 0.25) is 0 Å². The Morgan fingerprint density at radius 2 is 1.79 bits per heavy atom. The highest BCUT2D eigenvalue weighted by Crippen LogP contribution is 2.29. The Morgan fingerprint density at radius 1 is 1.07 bits per heavy atom. The Hall–Kier alpha value is -3.28. The zero-order valence-electron chi connectivity index (χ0n) is 16.4. The topological polar surface area (TPSA) is 65.4 Å². The summed E-state index contributed by atoms with van der Waals surface area (Å²) in [7, 11) is 1.91. The lowest BCUT2D eigenvalue weighted by atomic mass is 10.1. The van der Waals surface area contributed by atoms with E-state index in [0.717, 1.165) is 11.4 Å². The third-order valence-electron chi connectivity index (χ3n) is 4.33. The van der Waals surface area contributed by atoms with Crippen molar-refractivity contribution in [2.45, 2.75) is 19.9 Å². The van der Waals surface area contributed by atoms with Crippen molar-refractivity contribution in [1.29, 1.82) is 0 Å². The molecule has 2 aromatic carbocycles. The van der Waals surface area contributed by atoms with Gasteiger partial charge in [0.25, 0.3) is 5.91 Å². The van der Waals surface area contributed by atoms with Crippen LogP contribution in [0.1, 0.15) is 41.6 Å². The SMILES string of the molecule is CCOc1ccc(C(=O)NC(c2ccccc2)c2nccn2C)cc1OCC. The first-order chi connectivity index (χ1) is 13.6. The molecule has 0 saturated carbocycles. The molecule has 0 aliphatic heterocycles. The summed E-state index contributed by atoms with van der Waals surface area (Å²) in [6.45, 7) is 4.83. The predicted octanol–water partition coefficient (Wildman–Crippen LogP) is 3.74. The molecule has 6 nitrogen and oxygen atoms in total. The number of ether oxygens (including phenoxy) is 2. The number of rotatable bonds is 8. The molecule has 1 heterocycles. The molecule has 6 heteroatoms. The molecule has 0 fully saturated rings. The first-order valence-corrected chi connectivity index (χ1v) is 9.36. The summed E-state index contributed by atoms with van der Waals surface area (Å²) in [4.78, 5) is 17.4. The number of nitrogens with zero attached hydrogens (tertiary/aromatic N) is 2. The lowest BCUT2D eigenvalue weighted by Crippen LogP contribution is -2.31. The number of hydrogen-bond donors (Lipinski definition) is 1. The molecule has 0 radical (unpaired) electrons. The Labute approximate surface area is 165 Å². The molecule has 3 rings (SSSR count). The summed E-state index contributed by atoms with van der Waals surface area (Å²) in [6.07, 6.45) is 3.59. The molecule has 1 N–H and O–H groups in total. The van der Waals surface area contributed by atoms with E-state index in [1.807, 2.05) is 62.0 Å². The molecule has 146 valence electrons. The van der Waals surface area contributed by atoms with E-state index >= 15 is 0 Å². The number of aromatic nitrogens is 2. The van der Waals surface area contributed by atoms with Crippen LogP contribution in [0.25, 0.3) is 0 Å². The van der Waals surface area contributed by atoms with Crippen molar-refractivity contribution >= 4 is 5.91 Å². The van der Waals surface area contributed by atoms with Gasteiger partial charge in [0, 0.05) is 25.0 Å². The maximum atomic E-state index is 13.0. The van der Waals surface area contributed by atoms with Crippen LogP contribution in [0.5, 0.6) is 11.5 Å². The minimum atomic E-state index is -0.365. The molecular formula is C22H25N3O3. The second-order valence-electron chi connectivity index (χ2n) is 6.24. The molecular weight excluding hydrogens is 354 g/mol. The van der Waals surface area contributed by atoms with Gasteiger partial charge >= 0.3 is 0 Å². The van der Waals surface area contributed by atoms with Crippen LogP contribution < -0.4 is 14.8 Å². The fraction of sp³-hybridized carbons (Fsp3) is 0.273. The first-order valence-electron chi connectivity index (χ1n) is 9.36. The van der Waals surface area contributed by atoms with Crippen molar-refractivity contribution in [3.8, 4) is 11.5 Å². The summed E-state index contributed by atoms with van der Waals surface area (Å²) in [5.41, 5.74) is 1.46. The lowest BCUT2D eigenvalue weighted by molar-refractivity contribution is 0.0940. The largest absolute Gasteiger partial charge is 0.490 e. The van der Waals surface area contributed by atoms with E-state index in [9.17, 15) is 4.79 Å². The molecule has 0 aliphatic rings. The highest BCUT2D eigenvalue weighted by Gasteiger charge is 2.22. The van der Waals surface area contributed by atoms with E-state index in [1.54, 1.807) is 24.4 Å². The fourth-order valence-electron chi connectivity index (χ4n) is 3.00. The van der Waals surface area contributed by atoms with Crippen LogP contribution in [0.15, 0.2) is 60.9 Å². The van der Waals surface area contributed by atoms with Crippen LogP contribution in [0.3, 0.4) is 0 Å². The van der Waals surface area contributed by atoms with Crippen LogP contribution in [0.4, 0.5) is 0 Å². The van der Waals surface area contributed by atoms with Crippen molar-refractivity contribution in [3.05, 3.63) is 77.9 Å². The van der Waals surface area contributed by atoms with Crippen LogP contribution in [0.2, 0.25) is 0 Å². The number of aryl methyl sites for hydroxylation is 1. The summed E-state index contributed by atoms with van der Waals surface area (Å²) < 4.78 is 13.1. The third kappa shape index (κ3) is 4.34. The fourth-order valence-corrected chi connectivity index (χ4v) is 3.00. The standard InChI is InChI=1S/C22H25N3O3/c1-4-27-18-12-11-17(15-19(18)28-5-2)22(26)24-20(16-9-7-6-8-10-16)21-23-13-14-25(21)3/h6-15,20H,4-5H2,1-3H3,(H,24,26). The van der Waals surface area contributed by atoms with Crippen LogP contribution in [-0.4, -0.2) is 28.7 Å². The molecule has 28 heavy (non-hydrogen) atoms. The van der Waals surface area contributed by atoms with Crippen molar-refractivity contribution in [2.24, 2.45) is 7.05 Å². The molecule has 1 aromatic heterocycles. The van der Waals surface area contributed by atoms with E-state index in [2.05, 4.69) is 10.3 Å². The van der Waals surface area contributed by atoms with Crippen molar-refractivity contribution in [1.82, 2.24) is 14.9 Å². The molecule has 1 amide bonds. The average molecular weight is 379 g/mol. The molecule has 0 bridgehead atoms. The summed E-state index contributed by atoms with van der Waals surface area (Å²) in [6, 6.07) is 14.6. The number of nitrogens with one attached hydrogen (secondary N) is 1. The van der Waals surface area contributed by atoms with Gasteiger partial charge in [0.05, 0.1) is 13.2 Å². The maximum absolute atomic E-state index is 13.0. The number of carbonyl (C=O) groups excluding carboxylic acids is 1. The van der Waals surface area contributed by atoms with Crippen molar-refractivity contribution < 1.29 is 14.3 Å². The highest BCUT2D eigenvalue weighted by molar-refractivity contribution is 5.95. The molecule has 0 spiro atoms. The number of benzene rings is 2. The van der Waals surface area contributed by atoms with E-state index in [4.69, 9.17) is 9.47 Å². The van der Waals surface area contributed by atoms with Gasteiger partial charge in [0.1, 0.15) is 11.9 Å². The zero-order valence-corrected chi connectivity index (χ0v) is 16.4.